The van der Waals surface area contributed by atoms with Crippen LogP contribution in [0.3, 0.4) is 0 Å². The van der Waals surface area contributed by atoms with Gasteiger partial charge in [0.1, 0.15) is 11.4 Å². The van der Waals surface area contributed by atoms with Crippen molar-refractivity contribution in [1.29, 1.82) is 0 Å². The van der Waals surface area contributed by atoms with Crippen LogP contribution < -0.4 is 10.1 Å². The molecular weight excluding hydrogens is 487 g/mol. The Morgan fingerprint density at radius 1 is 1.06 bits per heavy atom. The number of carbonyl (C=O) groups is 1. The average Bonchev–Trinajstić information content (AvgIpc) is 3.34. The second-order valence-electron chi connectivity index (χ2n) is 8.16. The molecule has 36 heavy (non-hydrogen) atoms. The van der Waals surface area contributed by atoms with Gasteiger partial charge in [-0.3, -0.25) is 9.48 Å². The molecule has 190 valence electrons. The van der Waals surface area contributed by atoms with E-state index in [0.29, 0.717) is 40.0 Å². The fourth-order valence-corrected chi connectivity index (χ4v) is 3.73. The van der Waals surface area contributed by atoms with Crippen LogP contribution in [0.15, 0.2) is 36.4 Å². The van der Waals surface area contributed by atoms with Crippen LogP contribution in [0.1, 0.15) is 38.8 Å². The predicted molar refractivity (Wildman–Crippen MR) is 119 cm³/mol. The monoisotopic (exact) mass is 508 g/mol. The molecule has 0 atom stereocenters. The highest BCUT2D eigenvalue weighted by Gasteiger charge is 2.60. The van der Waals surface area contributed by atoms with Crippen molar-refractivity contribution >= 4 is 17.2 Å². The highest BCUT2D eigenvalue weighted by atomic mass is 19.4. The lowest BCUT2D eigenvalue weighted by Gasteiger charge is -2.20. The van der Waals surface area contributed by atoms with E-state index in [4.69, 9.17) is 4.74 Å². The Morgan fingerprint density at radius 3 is 2.44 bits per heavy atom. The second kappa shape index (κ2) is 8.88. The van der Waals surface area contributed by atoms with Gasteiger partial charge in [0.2, 0.25) is 0 Å². The molecular formula is C23H21F5N6O2. The maximum Gasteiger partial charge on any atom is 0.459 e. The number of methoxy groups -OCH3 is 1. The van der Waals surface area contributed by atoms with Crippen molar-refractivity contribution in [1.82, 2.24) is 24.4 Å². The molecule has 0 aliphatic heterocycles. The molecule has 0 radical (unpaired) electrons. The van der Waals surface area contributed by atoms with E-state index in [0.717, 1.165) is 11.6 Å². The first-order valence-corrected chi connectivity index (χ1v) is 10.6. The molecule has 8 nitrogen and oxygen atoms in total. The molecule has 0 saturated heterocycles. The highest BCUT2D eigenvalue weighted by molar-refractivity contribution is 6.04. The van der Waals surface area contributed by atoms with Gasteiger partial charge in [-0.2, -0.15) is 32.1 Å². The molecule has 0 aliphatic rings. The molecule has 13 heteroatoms. The zero-order valence-electron chi connectivity index (χ0n) is 19.6. The summed E-state index contributed by atoms with van der Waals surface area (Å²) in [6, 6.07) is 9.00. The molecule has 3 heterocycles. The molecule has 4 rings (SSSR count). The average molecular weight is 508 g/mol. The zero-order valence-corrected chi connectivity index (χ0v) is 19.6. The number of rotatable bonds is 6. The van der Waals surface area contributed by atoms with Crippen molar-refractivity contribution in [3.05, 3.63) is 70.4 Å². The van der Waals surface area contributed by atoms with E-state index in [-0.39, 0.29) is 17.0 Å². The number of anilines is 1. The third kappa shape index (κ3) is 4.48. The number of fused-ring (bicyclic) bond motifs is 1. The number of ether oxygens (including phenoxy) is 1. The summed E-state index contributed by atoms with van der Waals surface area (Å²) in [5.41, 5.74) is 0.126. The molecule has 0 saturated carbocycles. The molecule has 1 aromatic carbocycles. The van der Waals surface area contributed by atoms with Crippen LogP contribution in [0.2, 0.25) is 0 Å². The minimum Gasteiger partial charge on any atom is -0.497 e. The molecule has 0 bridgehead atoms. The van der Waals surface area contributed by atoms with Crippen molar-refractivity contribution < 1.29 is 31.5 Å². The van der Waals surface area contributed by atoms with E-state index in [1.807, 2.05) is 18.2 Å². The maximum atomic E-state index is 14.1. The first-order valence-electron chi connectivity index (χ1n) is 10.6. The van der Waals surface area contributed by atoms with E-state index >= 15 is 0 Å². The van der Waals surface area contributed by atoms with Gasteiger partial charge in [-0.1, -0.05) is 12.1 Å². The number of hydrogen-bond donors (Lipinski definition) is 1. The van der Waals surface area contributed by atoms with Crippen LogP contribution in [0, 0.1) is 20.8 Å². The highest BCUT2D eigenvalue weighted by Crippen LogP contribution is 2.43. The standard InChI is InChI=1S/C23H21F5N6O2/c1-12-8-18(22(24,25)23(26,27)28)34-19(29-12)10-17(32-34)21(35)30-20-13(2)31-33(14(20)3)11-15-6-5-7-16(9-15)36-4/h5-10H,11H2,1-4H3,(H,30,35). The van der Waals surface area contributed by atoms with E-state index in [9.17, 15) is 26.7 Å². The van der Waals surface area contributed by atoms with Crippen LogP contribution in [0.4, 0.5) is 27.6 Å². The summed E-state index contributed by atoms with van der Waals surface area (Å²) in [6.45, 7) is 5.05. The summed E-state index contributed by atoms with van der Waals surface area (Å²) in [5, 5.41) is 10.8. The number of alkyl halides is 5. The summed E-state index contributed by atoms with van der Waals surface area (Å²) in [7, 11) is 1.55. The van der Waals surface area contributed by atoms with Crippen LogP contribution in [0.5, 0.6) is 5.75 Å². The Balaban J connectivity index is 1.65. The Kier molecular flexibility index (Phi) is 6.18. The quantitative estimate of drug-likeness (QED) is 0.378. The van der Waals surface area contributed by atoms with Gasteiger partial charge in [-0.15, -0.1) is 0 Å². The van der Waals surface area contributed by atoms with Gasteiger partial charge in [-0.05, 0) is 44.5 Å². The Hall–Kier alpha value is -4.03. The summed E-state index contributed by atoms with van der Waals surface area (Å²) >= 11 is 0. The van der Waals surface area contributed by atoms with Crippen molar-refractivity contribution in [2.75, 3.05) is 12.4 Å². The predicted octanol–water partition coefficient (Wildman–Crippen LogP) is 4.81. The Labute approximate surface area is 201 Å². The van der Waals surface area contributed by atoms with E-state index in [1.54, 1.807) is 31.7 Å². The number of aromatic nitrogens is 5. The van der Waals surface area contributed by atoms with Crippen molar-refractivity contribution in [3.8, 4) is 5.75 Å². The minimum absolute atomic E-state index is 0.0845. The normalized spacial score (nSPS) is 12.2. The van der Waals surface area contributed by atoms with Gasteiger partial charge in [0.15, 0.2) is 11.3 Å². The smallest absolute Gasteiger partial charge is 0.459 e. The number of benzene rings is 1. The topological polar surface area (TPSA) is 86.3 Å². The van der Waals surface area contributed by atoms with Gasteiger partial charge in [0.05, 0.1) is 30.7 Å². The number of amides is 1. The number of carbonyl (C=O) groups excluding carboxylic acids is 1. The van der Waals surface area contributed by atoms with Crippen molar-refractivity contribution in [2.45, 2.75) is 39.4 Å². The number of nitrogens with zero attached hydrogens (tertiary/aromatic N) is 5. The third-order valence-electron chi connectivity index (χ3n) is 5.55. The SMILES string of the molecule is COc1cccc(Cn2nc(C)c(NC(=O)c3cc4nc(C)cc(C(F)(F)C(F)(F)F)n4n3)c2C)c1. The number of nitrogens with one attached hydrogen (secondary N) is 1. The lowest BCUT2D eigenvalue weighted by atomic mass is 10.2. The summed E-state index contributed by atoms with van der Waals surface area (Å²) < 4.78 is 74.5. The number of halogens is 5. The molecule has 0 fully saturated rings. The lowest BCUT2D eigenvalue weighted by molar-refractivity contribution is -0.291. The fraction of sp³-hybridized carbons (Fsp3) is 0.304. The molecule has 1 N–H and O–H groups in total. The van der Waals surface area contributed by atoms with Crippen LogP contribution in [-0.2, 0) is 12.5 Å². The van der Waals surface area contributed by atoms with Gasteiger partial charge in [0.25, 0.3) is 5.91 Å². The van der Waals surface area contributed by atoms with Crippen molar-refractivity contribution in [3.63, 3.8) is 0 Å². The molecule has 0 spiro atoms. The first-order chi connectivity index (χ1) is 16.8. The van der Waals surface area contributed by atoms with Gasteiger partial charge >= 0.3 is 12.1 Å². The van der Waals surface area contributed by atoms with Crippen LogP contribution in [-0.4, -0.2) is 43.6 Å². The maximum absolute atomic E-state index is 14.1. The fourth-order valence-electron chi connectivity index (χ4n) is 3.73. The minimum atomic E-state index is -5.85. The number of aryl methyl sites for hydroxylation is 2. The van der Waals surface area contributed by atoms with Crippen molar-refractivity contribution in [2.24, 2.45) is 0 Å². The van der Waals surface area contributed by atoms with Gasteiger partial charge < -0.3 is 10.1 Å². The second-order valence-corrected chi connectivity index (χ2v) is 8.16. The van der Waals surface area contributed by atoms with Crippen LogP contribution in [0.25, 0.3) is 5.65 Å². The van der Waals surface area contributed by atoms with Gasteiger partial charge in [-0.25, -0.2) is 9.50 Å². The summed E-state index contributed by atoms with van der Waals surface area (Å²) in [5.74, 6) is -5.34. The Bertz CT molecular complexity index is 1460. The third-order valence-corrected chi connectivity index (χ3v) is 5.55. The zero-order chi connectivity index (χ0) is 26.4. The lowest BCUT2D eigenvalue weighted by Crippen LogP contribution is -2.36. The van der Waals surface area contributed by atoms with E-state index in [1.165, 1.54) is 6.92 Å². The molecule has 0 aliphatic carbocycles. The molecule has 3 aromatic heterocycles. The summed E-state index contributed by atoms with van der Waals surface area (Å²) in [6.07, 6.45) is -5.85. The summed E-state index contributed by atoms with van der Waals surface area (Å²) in [4.78, 5) is 16.8. The molecule has 0 unspecified atom stereocenters. The first kappa shape index (κ1) is 25.1. The molecule has 4 aromatic rings. The van der Waals surface area contributed by atoms with Gasteiger partial charge in [0, 0.05) is 11.8 Å². The number of hydrogen-bond acceptors (Lipinski definition) is 5. The van der Waals surface area contributed by atoms with E-state index < -0.39 is 23.7 Å². The van der Waals surface area contributed by atoms with E-state index in [2.05, 4.69) is 20.5 Å². The Morgan fingerprint density at radius 2 is 1.78 bits per heavy atom. The van der Waals surface area contributed by atoms with Crippen LogP contribution >= 0.6 is 0 Å². The largest absolute Gasteiger partial charge is 0.497 e. The molecule has 1 amide bonds.